The third-order valence-corrected chi connectivity index (χ3v) is 5.09. The lowest BCUT2D eigenvalue weighted by Gasteiger charge is -2.24. The summed E-state index contributed by atoms with van der Waals surface area (Å²) >= 11 is 0. The van der Waals surface area contributed by atoms with Gasteiger partial charge in [-0.2, -0.15) is 0 Å². The first-order chi connectivity index (χ1) is 14.1. The Morgan fingerprint density at radius 3 is 2.93 bits per heavy atom. The number of rotatable bonds is 6. The molecule has 29 heavy (non-hydrogen) atoms. The quantitative estimate of drug-likeness (QED) is 0.654. The number of benzene rings is 1. The molecule has 1 aromatic carbocycles. The Kier molecular flexibility index (Phi) is 5.62. The molecule has 1 saturated heterocycles. The molecule has 1 fully saturated rings. The Morgan fingerprint density at radius 2 is 2.24 bits per heavy atom. The summed E-state index contributed by atoms with van der Waals surface area (Å²) in [6.07, 6.45) is 6.21. The lowest BCUT2D eigenvalue weighted by atomic mass is 10.0. The van der Waals surface area contributed by atoms with Gasteiger partial charge < -0.3 is 24.4 Å². The van der Waals surface area contributed by atoms with Crippen molar-refractivity contribution in [3.63, 3.8) is 0 Å². The predicted molar refractivity (Wildman–Crippen MR) is 107 cm³/mol. The van der Waals surface area contributed by atoms with Crippen molar-refractivity contribution in [1.29, 1.82) is 0 Å². The SMILES string of the molecule is Cc1noc(C)c1-c1cc(NC(=O)c2cnoc2)ccc1OC[C@H]1CCCCN1. The fourth-order valence-electron chi connectivity index (χ4n) is 3.57. The summed E-state index contributed by atoms with van der Waals surface area (Å²) < 4.78 is 16.3. The van der Waals surface area contributed by atoms with Crippen LogP contribution in [0.4, 0.5) is 5.69 Å². The molecule has 4 rings (SSSR count). The molecule has 0 spiro atoms. The van der Waals surface area contributed by atoms with E-state index in [1.807, 2.05) is 32.0 Å². The summed E-state index contributed by atoms with van der Waals surface area (Å²) in [5.41, 5.74) is 3.46. The van der Waals surface area contributed by atoms with E-state index in [0.29, 0.717) is 29.7 Å². The first kappa shape index (κ1) is 19.2. The van der Waals surface area contributed by atoms with E-state index in [1.165, 1.54) is 25.3 Å². The number of amides is 1. The maximum absolute atomic E-state index is 12.3. The van der Waals surface area contributed by atoms with Gasteiger partial charge in [-0.05, 0) is 51.4 Å². The zero-order valence-corrected chi connectivity index (χ0v) is 16.5. The van der Waals surface area contributed by atoms with Gasteiger partial charge in [0.15, 0.2) is 0 Å². The average Bonchev–Trinajstić information content (AvgIpc) is 3.38. The van der Waals surface area contributed by atoms with Crippen LogP contribution in [0, 0.1) is 13.8 Å². The molecule has 0 radical (unpaired) electrons. The summed E-state index contributed by atoms with van der Waals surface area (Å²) in [7, 11) is 0. The number of anilines is 1. The summed E-state index contributed by atoms with van der Waals surface area (Å²) in [5.74, 6) is 1.14. The van der Waals surface area contributed by atoms with Crippen LogP contribution < -0.4 is 15.4 Å². The first-order valence-electron chi connectivity index (χ1n) is 9.76. The number of hydrogen-bond donors (Lipinski definition) is 2. The van der Waals surface area contributed by atoms with Crippen LogP contribution in [0.2, 0.25) is 0 Å². The van der Waals surface area contributed by atoms with Gasteiger partial charge in [-0.1, -0.05) is 16.7 Å². The Balaban J connectivity index is 1.60. The minimum atomic E-state index is -0.295. The topological polar surface area (TPSA) is 102 Å². The molecule has 0 unspecified atom stereocenters. The van der Waals surface area contributed by atoms with Gasteiger partial charge in [-0.15, -0.1) is 0 Å². The van der Waals surface area contributed by atoms with Gasteiger partial charge in [0.05, 0.1) is 23.0 Å². The molecule has 1 aliphatic heterocycles. The number of aryl methyl sites for hydroxylation is 2. The number of carbonyl (C=O) groups excluding carboxylic acids is 1. The Hall–Kier alpha value is -3.13. The Labute approximate surface area is 168 Å². The second-order valence-corrected chi connectivity index (χ2v) is 7.24. The van der Waals surface area contributed by atoms with Crippen molar-refractivity contribution in [2.45, 2.75) is 39.2 Å². The standard InChI is InChI=1S/C21H24N4O4/c1-13-20(14(2)29-25-13)18-9-16(24-21(26)15-10-23-28-11-15)6-7-19(18)27-12-17-5-3-4-8-22-17/h6-7,9-11,17,22H,3-5,8,12H2,1-2H3,(H,24,26)/t17-/m1/s1. The predicted octanol–water partition coefficient (Wildman–Crippen LogP) is 3.72. The van der Waals surface area contributed by atoms with Gasteiger partial charge in [0, 0.05) is 17.3 Å². The number of nitrogens with zero attached hydrogens (tertiary/aromatic N) is 2. The van der Waals surface area contributed by atoms with Gasteiger partial charge >= 0.3 is 0 Å². The van der Waals surface area contributed by atoms with E-state index in [2.05, 4.69) is 20.9 Å². The number of aromatic nitrogens is 2. The van der Waals surface area contributed by atoms with E-state index in [1.54, 1.807) is 0 Å². The third-order valence-electron chi connectivity index (χ3n) is 5.09. The molecule has 0 aliphatic carbocycles. The van der Waals surface area contributed by atoms with Crippen molar-refractivity contribution in [2.75, 3.05) is 18.5 Å². The van der Waals surface area contributed by atoms with E-state index < -0.39 is 0 Å². The summed E-state index contributed by atoms with van der Waals surface area (Å²) in [4.78, 5) is 12.3. The molecule has 152 valence electrons. The molecule has 8 nitrogen and oxygen atoms in total. The van der Waals surface area contributed by atoms with Crippen molar-refractivity contribution in [1.82, 2.24) is 15.6 Å². The molecule has 8 heteroatoms. The highest BCUT2D eigenvalue weighted by atomic mass is 16.5. The highest BCUT2D eigenvalue weighted by molar-refractivity contribution is 6.04. The fourth-order valence-corrected chi connectivity index (χ4v) is 3.57. The molecular weight excluding hydrogens is 372 g/mol. The second-order valence-electron chi connectivity index (χ2n) is 7.24. The number of hydrogen-bond acceptors (Lipinski definition) is 7. The van der Waals surface area contributed by atoms with Crippen molar-refractivity contribution in [3.05, 3.63) is 47.7 Å². The number of ether oxygens (including phenoxy) is 1. The van der Waals surface area contributed by atoms with Gasteiger partial charge in [0.1, 0.15) is 24.4 Å². The molecule has 1 aliphatic rings. The van der Waals surface area contributed by atoms with E-state index in [9.17, 15) is 4.79 Å². The fraction of sp³-hybridized carbons (Fsp3) is 0.381. The van der Waals surface area contributed by atoms with E-state index in [0.717, 1.165) is 35.5 Å². The van der Waals surface area contributed by atoms with Crippen LogP contribution >= 0.6 is 0 Å². The number of nitrogens with one attached hydrogen (secondary N) is 2. The van der Waals surface area contributed by atoms with Crippen LogP contribution in [0.5, 0.6) is 5.75 Å². The molecule has 0 bridgehead atoms. The van der Waals surface area contributed by atoms with Crippen molar-refractivity contribution >= 4 is 11.6 Å². The largest absolute Gasteiger partial charge is 0.491 e. The smallest absolute Gasteiger partial charge is 0.260 e. The minimum absolute atomic E-state index is 0.295. The summed E-state index contributed by atoms with van der Waals surface area (Å²) in [6.45, 7) is 5.37. The molecule has 3 aromatic rings. The van der Waals surface area contributed by atoms with Crippen LogP contribution in [0.3, 0.4) is 0 Å². The van der Waals surface area contributed by atoms with Gasteiger partial charge in [-0.25, -0.2) is 0 Å². The lowest BCUT2D eigenvalue weighted by molar-refractivity contribution is 0.102. The molecular formula is C21H24N4O4. The van der Waals surface area contributed by atoms with Gasteiger partial charge in [0.2, 0.25) is 0 Å². The van der Waals surface area contributed by atoms with Crippen LogP contribution in [0.25, 0.3) is 11.1 Å². The van der Waals surface area contributed by atoms with E-state index in [-0.39, 0.29) is 5.91 Å². The van der Waals surface area contributed by atoms with Crippen LogP contribution in [-0.2, 0) is 0 Å². The zero-order chi connectivity index (χ0) is 20.2. The third kappa shape index (κ3) is 4.32. The highest BCUT2D eigenvalue weighted by Crippen LogP contribution is 2.37. The maximum Gasteiger partial charge on any atom is 0.260 e. The average molecular weight is 396 g/mol. The first-order valence-corrected chi connectivity index (χ1v) is 9.76. The van der Waals surface area contributed by atoms with Crippen LogP contribution in [0.1, 0.15) is 41.1 Å². The normalized spacial score (nSPS) is 16.6. The van der Waals surface area contributed by atoms with Crippen molar-refractivity contribution in [2.24, 2.45) is 0 Å². The highest BCUT2D eigenvalue weighted by Gasteiger charge is 2.20. The van der Waals surface area contributed by atoms with E-state index >= 15 is 0 Å². The molecule has 1 atom stereocenters. The molecule has 0 saturated carbocycles. The zero-order valence-electron chi connectivity index (χ0n) is 16.5. The van der Waals surface area contributed by atoms with Gasteiger partial charge in [0.25, 0.3) is 5.91 Å². The Bertz CT molecular complexity index is 955. The summed E-state index contributed by atoms with van der Waals surface area (Å²) in [6, 6.07) is 5.90. The summed E-state index contributed by atoms with van der Waals surface area (Å²) in [5, 5.41) is 14.0. The van der Waals surface area contributed by atoms with Crippen LogP contribution in [-0.4, -0.2) is 35.4 Å². The van der Waals surface area contributed by atoms with Crippen LogP contribution in [0.15, 0.2) is 39.7 Å². The van der Waals surface area contributed by atoms with Crippen molar-refractivity contribution < 1.29 is 18.6 Å². The molecule has 1 amide bonds. The number of piperidine rings is 1. The molecule has 3 heterocycles. The maximum atomic E-state index is 12.3. The minimum Gasteiger partial charge on any atom is -0.491 e. The van der Waals surface area contributed by atoms with Gasteiger partial charge in [-0.3, -0.25) is 4.79 Å². The molecule has 2 N–H and O–H groups in total. The Morgan fingerprint density at radius 1 is 1.34 bits per heavy atom. The molecule has 2 aromatic heterocycles. The lowest BCUT2D eigenvalue weighted by Crippen LogP contribution is -2.38. The second kappa shape index (κ2) is 8.48. The number of carbonyl (C=O) groups is 1. The van der Waals surface area contributed by atoms with Crippen molar-refractivity contribution in [3.8, 4) is 16.9 Å². The monoisotopic (exact) mass is 396 g/mol. The van der Waals surface area contributed by atoms with E-state index in [4.69, 9.17) is 13.8 Å².